The van der Waals surface area contributed by atoms with Crippen molar-refractivity contribution in [3.63, 3.8) is 0 Å². The molecular formula is C12H14N2O4S. The van der Waals surface area contributed by atoms with Gasteiger partial charge in [-0.2, -0.15) is 0 Å². The number of aromatic hydroxyl groups is 1. The Hall–Kier alpha value is -1.76. The topological polar surface area (TPSA) is 92.2 Å². The number of fused-ring (bicyclic) bond motifs is 1. The number of benzene rings is 1. The Morgan fingerprint density at radius 2 is 2.11 bits per heavy atom. The van der Waals surface area contributed by atoms with E-state index in [0.29, 0.717) is 18.4 Å². The first kappa shape index (κ1) is 12.3. The van der Waals surface area contributed by atoms with E-state index in [1.54, 1.807) is 12.1 Å². The molecule has 1 unspecified atom stereocenters. The number of phenols is 1. The van der Waals surface area contributed by atoms with Crippen molar-refractivity contribution in [2.75, 3.05) is 5.75 Å². The van der Waals surface area contributed by atoms with Gasteiger partial charge in [0.2, 0.25) is 0 Å². The van der Waals surface area contributed by atoms with Crippen LogP contribution in [-0.2, 0) is 9.84 Å². The van der Waals surface area contributed by atoms with Gasteiger partial charge < -0.3 is 10.1 Å². The highest BCUT2D eigenvalue weighted by atomic mass is 32.2. The second-order valence-corrected chi connectivity index (χ2v) is 7.07. The first-order chi connectivity index (χ1) is 9.00. The number of hydrogen-bond donors (Lipinski definition) is 2. The second-order valence-electron chi connectivity index (χ2n) is 4.79. The minimum Gasteiger partial charge on any atom is -0.506 e. The Balaban J connectivity index is 2.31. The van der Waals surface area contributed by atoms with Gasteiger partial charge in [0, 0.05) is 0 Å². The van der Waals surface area contributed by atoms with Crippen LogP contribution in [0.25, 0.3) is 11.0 Å². The summed E-state index contributed by atoms with van der Waals surface area (Å²) in [5.41, 5.74) is 0.223. The van der Waals surface area contributed by atoms with Crippen LogP contribution in [-0.4, -0.2) is 28.8 Å². The van der Waals surface area contributed by atoms with E-state index in [1.165, 1.54) is 10.6 Å². The number of phenolic OH excluding ortho intramolecular Hbond substituents is 1. The molecule has 0 amide bonds. The molecule has 1 saturated heterocycles. The van der Waals surface area contributed by atoms with Gasteiger partial charge in [-0.05, 0) is 31.4 Å². The van der Waals surface area contributed by atoms with Crippen LogP contribution in [0.4, 0.5) is 0 Å². The monoisotopic (exact) mass is 282 g/mol. The van der Waals surface area contributed by atoms with Gasteiger partial charge >= 0.3 is 5.69 Å². The molecule has 0 radical (unpaired) electrons. The Morgan fingerprint density at radius 1 is 1.32 bits per heavy atom. The largest absolute Gasteiger partial charge is 0.506 e. The van der Waals surface area contributed by atoms with Crippen molar-refractivity contribution in [2.24, 2.45) is 0 Å². The highest BCUT2D eigenvalue weighted by Gasteiger charge is 2.33. The van der Waals surface area contributed by atoms with Crippen molar-refractivity contribution < 1.29 is 13.5 Å². The molecule has 1 aromatic carbocycles. The molecule has 2 aromatic rings. The van der Waals surface area contributed by atoms with Crippen molar-refractivity contribution in [1.82, 2.24) is 9.55 Å². The highest BCUT2D eigenvalue weighted by molar-refractivity contribution is 7.91. The molecule has 0 spiro atoms. The fraction of sp³-hybridized carbons (Fsp3) is 0.417. The Kier molecular flexibility index (Phi) is 2.67. The van der Waals surface area contributed by atoms with Gasteiger partial charge in [0.25, 0.3) is 0 Å². The molecule has 3 rings (SSSR count). The quantitative estimate of drug-likeness (QED) is 0.820. The van der Waals surface area contributed by atoms with Crippen LogP contribution >= 0.6 is 0 Å². The number of para-hydroxylation sites is 1. The standard InChI is InChI=1S/C12H14N2O4S/c15-9-5-3-4-8-11(9)14(12(16)13-8)10-6-1-2-7-19(10,17)18/h3-5,10,15H,1-2,6-7H2,(H,13,16). The maximum absolute atomic E-state index is 12.1. The maximum atomic E-state index is 12.1. The van der Waals surface area contributed by atoms with Crippen LogP contribution in [0.3, 0.4) is 0 Å². The molecule has 1 atom stereocenters. The van der Waals surface area contributed by atoms with Crippen molar-refractivity contribution in [3.8, 4) is 5.75 Å². The lowest BCUT2D eigenvalue weighted by Crippen LogP contribution is -2.32. The Bertz CT molecular complexity index is 788. The first-order valence-electron chi connectivity index (χ1n) is 6.14. The van der Waals surface area contributed by atoms with Gasteiger partial charge in [-0.25, -0.2) is 13.2 Å². The number of nitrogens with zero attached hydrogens (tertiary/aromatic N) is 1. The third kappa shape index (κ3) is 1.85. The summed E-state index contributed by atoms with van der Waals surface area (Å²) in [7, 11) is -3.35. The Labute approximate surface area is 109 Å². The minimum absolute atomic E-state index is 0.0865. The lowest BCUT2D eigenvalue weighted by atomic mass is 10.2. The molecule has 19 heavy (non-hydrogen) atoms. The fourth-order valence-corrected chi connectivity index (χ4v) is 4.59. The van der Waals surface area contributed by atoms with E-state index in [-0.39, 0.29) is 17.0 Å². The first-order valence-corrected chi connectivity index (χ1v) is 7.86. The van der Waals surface area contributed by atoms with E-state index in [1.807, 2.05) is 0 Å². The zero-order valence-electron chi connectivity index (χ0n) is 10.2. The smallest absolute Gasteiger partial charge is 0.327 e. The van der Waals surface area contributed by atoms with Crippen LogP contribution in [0.1, 0.15) is 24.6 Å². The van der Waals surface area contributed by atoms with E-state index in [4.69, 9.17) is 0 Å². The van der Waals surface area contributed by atoms with E-state index in [9.17, 15) is 18.3 Å². The number of sulfone groups is 1. The third-order valence-corrected chi connectivity index (χ3v) is 5.68. The summed E-state index contributed by atoms with van der Waals surface area (Å²) in [5.74, 6) is 0.00121. The third-order valence-electron chi connectivity index (χ3n) is 3.55. The number of imidazole rings is 1. The molecule has 1 aliphatic rings. The molecule has 1 fully saturated rings. The average Bonchev–Trinajstić information content (AvgIpc) is 2.66. The predicted octanol–water partition coefficient (Wildman–Crippen LogP) is 1.13. The molecule has 2 N–H and O–H groups in total. The lowest BCUT2D eigenvalue weighted by molar-refractivity contribution is 0.466. The molecular weight excluding hydrogens is 268 g/mol. The summed E-state index contributed by atoms with van der Waals surface area (Å²) >= 11 is 0. The lowest BCUT2D eigenvalue weighted by Gasteiger charge is -2.23. The van der Waals surface area contributed by atoms with E-state index in [2.05, 4.69) is 4.98 Å². The number of H-pyrrole nitrogens is 1. The molecule has 102 valence electrons. The summed E-state index contributed by atoms with van der Waals surface area (Å²) in [4.78, 5) is 14.6. The van der Waals surface area contributed by atoms with Gasteiger partial charge in [-0.1, -0.05) is 6.07 Å². The SMILES string of the molecule is O=c1[nH]c2cccc(O)c2n1C1CCCCS1(=O)=O. The molecule has 1 aromatic heterocycles. The summed E-state index contributed by atoms with van der Waals surface area (Å²) in [6, 6.07) is 4.69. The average molecular weight is 282 g/mol. The zero-order chi connectivity index (χ0) is 13.6. The van der Waals surface area contributed by atoms with Gasteiger partial charge in [0.05, 0.1) is 11.3 Å². The van der Waals surface area contributed by atoms with E-state index >= 15 is 0 Å². The molecule has 1 aliphatic heterocycles. The van der Waals surface area contributed by atoms with E-state index < -0.39 is 20.9 Å². The molecule has 7 heteroatoms. The number of hydrogen-bond acceptors (Lipinski definition) is 4. The van der Waals surface area contributed by atoms with Crippen LogP contribution in [0.15, 0.2) is 23.0 Å². The summed E-state index contributed by atoms with van der Waals surface area (Å²) < 4.78 is 25.4. The van der Waals surface area contributed by atoms with Gasteiger partial charge in [0.1, 0.15) is 16.6 Å². The number of aromatic amines is 1. The zero-order valence-corrected chi connectivity index (χ0v) is 11.0. The second kappa shape index (κ2) is 4.12. The predicted molar refractivity (Wildman–Crippen MR) is 70.9 cm³/mol. The Morgan fingerprint density at radius 3 is 2.84 bits per heavy atom. The molecule has 6 nitrogen and oxygen atoms in total. The maximum Gasteiger partial charge on any atom is 0.327 e. The molecule has 0 saturated carbocycles. The van der Waals surface area contributed by atoms with Gasteiger partial charge in [0.15, 0.2) is 9.84 Å². The molecule has 2 heterocycles. The summed E-state index contributed by atoms with van der Waals surface area (Å²) in [5, 5.41) is 9.01. The van der Waals surface area contributed by atoms with Gasteiger partial charge in [-0.15, -0.1) is 0 Å². The molecule has 0 aliphatic carbocycles. The van der Waals surface area contributed by atoms with Crippen molar-refractivity contribution >= 4 is 20.9 Å². The van der Waals surface area contributed by atoms with Crippen LogP contribution in [0.5, 0.6) is 5.75 Å². The number of rotatable bonds is 1. The minimum atomic E-state index is -3.35. The van der Waals surface area contributed by atoms with Crippen molar-refractivity contribution in [1.29, 1.82) is 0 Å². The van der Waals surface area contributed by atoms with E-state index in [0.717, 1.165) is 6.42 Å². The van der Waals surface area contributed by atoms with Crippen LogP contribution in [0.2, 0.25) is 0 Å². The fourth-order valence-electron chi connectivity index (χ4n) is 2.66. The number of aromatic nitrogens is 2. The van der Waals surface area contributed by atoms with Gasteiger partial charge in [-0.3, -0.25) is 4.57 Å². The van der Waals surface area contributed by atoms with Crippen molar-refractivity contribution in [2.45, 2.75) is 24.6 Å². The highest BCUT2D eigenvalue weighted by Crippen LogP contribution is 2.32. The summed E-state index contributed by atoms with van der Waals surface area (Å²) in [6.07, 6.45) is 1.79. The van der Waals surface area contributed by atoms with Crippen LogP contribution in [0, 0.1) is 0 Å². The van der Waals surface area contributed by atoms with Crippen LogP contribution < -0.4 is 5.69 Å². The van der Waals surface area contributed by atoms with Crippen molar-refractivity contribution in [3.05, 3.63) is 28.7 Å². The molecule has 0 bridgehead atoms. The normalized spacial score (nSPS) is 22.6. The number of nitrogens with one attached hydrogen (secondary N) is 1. The summed E-state index contributed by atoms with van der Waals surface area (Å²) in [6.45, 7) is 0.